The van der Waals surface area contributed by atoms with Crippen LogP contribution in [0.2, 0.25) is 0 Å². The highest BCUT2D eigenvalue weighted by atomic mass is 32.2. The number of hydrogen-bond acceptors (Lipinski definition) is 6. The van der Waals surface area contributed by atoms with Crippen LogP contribution in [0.15, 0.2) is 34.7 Å². The predicted molar refractivity (Wildman–Crippen MR) is 64.3 cm³/mol. The van der Waals surface area contributed by atoms with Gasteiger partial charge in [0, 0.05) is 13.2 Å². The summed E-state index contributed by atoms with van der Waals surface area (Å²) in [5, 5.41) is 10.1. The molecule has 0 aliphatic heterocycles. The monoisotopic (exact) mass is 282 g/mol. The summed E-state index contributed by atoms with van der Waals surface area (Å²) in [7, 11) is -2.69. The van der Waals surface area contributed by atoms with Crippen molar-refractivity contribution in [2.24, 2.45) is 7.05 Å². The minimum atomic E-state index is -4.07. The van der Waals surface area contributed by atoms with Crippen LogP contribution in [0.25, 0.3) is 0 Å². The molecular weight excluding hydrogens is 272 g/mol. The molecule has 100 valence electrons. The van der Waals surface area contributed by atoms with Crippen molar-refractivity contribution < 1.29 is 13.3 Å². The first-order valence-corrected chi connectivity index (χ1v) is 6.66. The van der Waals surface area contributed by atoms with E-state index in [1.165, 1.54) is 19.3 Å². The van der Waals surface area contributed by atoms with Crippen molar-refractivity contribution >= 4 is 15.7 Å². The topological polar surface area (TPSA) is 108 Å². The molecule has 9 heteroatoms. The molecule has 0 spiro atoms. The third-order valence-corrected chi connectivity index (χ3v) is 4.22. The zero-order valence-corrected chi connectivity index (χ0v) is 11.0. The van der Waals surface area contributed by atoms with E-state index >= 15 is 0 Å². The van der Waals surface area contributed by atoms with Crippen molar-refractivity contribution in [2.75, 3.05) is 0 Å². The van der Waals surface area contributed by atoms with Crippen molar-refractivity contribution in [2.45, 2.75) is 17.0 Å². The van der Waals surface area contributed by atoms with Crippen molar-refractivity contribution in [3.63, 3.8) is 0 Å². The van der Waals surface area contributed by atoms with Crippen LogP contribution in [-0.4, -0.2) is 27.9 Å². The maximum atomic E-state index is 12.3. The number of nitro groups is 1. The normalized spacial score (nSPS) is 11.5. The Bertz CT molecular complexity index is 733. The van der Waals surface area contributed by atoms with Crippen LogP contribution in [0, 0.1) is 17.0 Å². The van der Waals surface area contributed by atoms with Crippen molar-refractivity contribution in [1.29, 1.82) is 0 Å². The van der Waals surface area contributed by atoms with Gasteiger partial charge in [-0.15, -0.1) is 0 Å². The fourth-order valence-electron chi connectivity index (χ4n) is 1.55. The van der Waals surface area contributed by atoms with Crippen molar-refractivity contribution in [3.8, 4) is 0 Å². The van der Waals surface area contributed by atoms with Gasteiger partial charge in [0.05, 0.1) is 0 Å². The van der Waals surface area contributed by atoms with Crippen LogP contribution in [0.5, 0.6) is 0 Å². The fourth-order valence-corrected chi connectivity index (χ4v) is 2.98. The van der Waals surface area contributed by atoms with Crippen LogP contribution in [0.3, 0.4) is 0 Å². The summed E-state index contributed by atoms with van der Waals surface area (Å²) in [5.41, 5.74) is 0.790. The number of aromatic nitrogens is 3. The van der Waals surface area contributed by atoms with Gasteiger partial charge in [0.2, 0.25) is 21.2 Å². The van der Waals surface area contributed by atoms with E-state index in [0.29, 0.717) is 0 Å². The molecule has 0 radical (unpaired) electrons. The molecule has 0 amide bonds. The Morgan fingerprint density at radius 3 is 2.53 bits per heavy atom. The molecule has 0 aliphatic carbocycles. The summed E-state index contributed by atoms with van der Waals surface area (Å²) in [5.74, 6) is -0.704. The Balaban J connectivity index is 2.66. The Morgan fingerprint density at radius 1 is 1.32 bits per heavy atom. The van der Waals surface area contributed by atoms with E-state index in [-0.39, 0.29) is 5.03 Å². The maximum Gasteiger partial charge on any atom is 0.401 e. The molecule has 0 saturated heterocycles. The minimum Gasteiger partial charge on any atom is -0.358 e. The lowest BCUT2D eigenvalue weighted by molar-refractivity contribution is -0.392. The van der Waals surface area contributed by atoms with Gasteiger partial charge in [-0.1, -0.05) is 6.07 Å². The molecular formula is C10H10N4O4S. The first-order valence-electron chi connectivity index (χ1n) is 5.17. The van der Waals surface area contributed by atoms with E-state index in [2.05, 4.69) is 9.97 Å². The molecule has 2 aromatic heterocycles. The van der Waals surface area contributed by atoms with E-state index < -0.39 is 25.6 Å². The first-order chi connectivity index (χ1) is 8.84. The SMILES string of the molecule is Cc1ccc(S(=O)(=O)c2c([N+](=O)[O-])ncn2C)nc1. The average Bonchev–Trinajstić information content (AvgIpc) is 2.72. The molecule has 8 nitrogen and oxygen atoms in total. The van der Waals surface area contributed by atoms with Gasteiger partial charge in [-0.05, 0) is 28.5 Å². The van der Waals surface area contributed by atoms with E-state index in [0.717, 1.165) is 16.5 Å². The van der Waals surface area contributed by atoms with Gasteiger partial charge < -0.3 is 10.1 Å². The highest BCUT2D eigenvalue weighted by molar-refractivity contribution is 7.91. The van der Waals surface area contributed by atoms with Gasteiger partial charge in [0.25, 0.3) is 0 Å². The summed E-state index contributed by atoms with van der Waals surface area (Å²) >= 11 is 0. The second-order valence-corrected chi connectivity index (χ2v) is 5.73. The zero-order valence-electron chi connectivity index (χ0n) is 10.1. The largest absolute Gasteiger partial charge is 0.401 e. The second-order valence-electron chi connectivity index (χ2n) is 3.92. The standard InChI is InChI=1S/C10H10N4O4S/c1-7-3-4-8(11-5-7)19(17,18)10-9(14(15)16)12-6-13(10)2/h3-6H,1-2H3. The highest BCUT2D eigenvalue weighted by Crippen LogP contribution is 2.26. The third-order valence-electron chi connectivity index (χ3n) is 2.45. The highest BCUT2D eigenvalue weighted by Gasteiger charge is 2.33. The van der Waals surface area contributed by atoms with Gasteiger partial charge >= 0.3 is 5.82 Å². The zero-order chi connectivity index (χ0) is 14.2. The average molecular weight is 282 g/mol. The quantitative estimate of drug-likeness (QED) is 0.610. The predicted octanol–water partition coefficient (Wildman–Crippen LogP) is 0.865. The number of rotatable bonds is 3. The summed E-state index contributed by atoms with van der Waals surface area (Å²) in [6.45, 7) is 1.76. The molecule has 0 fully saturated rings. The van der Waals surface area contributed by atoms with Gasteiger partial charge in [-0.25, -0.2) is 13.4 Å². The molecule has 2 rings (SSSR count). The Kier molecular flexibility index (Phi) is 3.06. The number of sulfone groups is 1. The van der Waals surface area contributed by atoms with E-state index in [9.17, 15) is 18.5 Å². The van der Waals surface area contributed by atoms with E-state index in [4.69, 9.17) is 0 Å². The maximum absolute atomic E-state index is 12.3. The van der Waals surface area contributed by atoms with Gasteiger partial charge in [-0.2, -0.15) is 0 Å². The lowest BCUT2D eigenvalue weighted by atomic mass is 10.3. The van der Waals surface area contributed by atoms with Crippen LogP contribution in [-0.2, 0) is 16.9 Å². The molecule has 0 atom stereocenters. The molecule has 0 bridgehead atoms. The van der Waals surface area contributed by atoms with Gasteiger partial charge in [0.1, 0.15) is 0 Å². The molecule has 2 heterocycles. The molecule has 0 unspecified atom stereocenters. The molecule has 0 aliphatic rings. The molecule has 0 aromatic carbocycles. The Morgan fingerprint density at radius 2 is 2.00 bits per heavy atom. The summed E-state index contributed by atoms with van der Waals surface area (Å²) < 4.78 is 25.7. The number of hydrogen-bond donors (Lipinski definition) is 0. The number of imidazole rings is 1. The second kappa shape index (κ2) is 4.43. The minimum absolute atomic E-state index is 0.246. The fraction of sp³-hybridized carbons (Fsp3) is 0.200. The lowest BCUT2D eigenvalue weighted by Gasteiger charge is -2.04. The Hall–Kier alpha value is -2.29. The number of pyridine rings is 1. The number of aryl methyl sites for hydroxylation is 2. The van der Waals surface area contributed by atoms with Gasteiger partial charge in [0.15, 0.2) is 5.03 Å². The van der Waals surface area contributed by atoms with E-state index in [1.54, 1.807) is 13.0 Å². The van der Waals surface area contributed by atoms with Crippen LogP contribution >= 0.6 is 0 Å². The van der Waals surface area contributed by atoms with Crippen LogP contribution in [0.1, 0.15) is 5.56 Å². The van der Waals surface area contributed by atoms with Crippen LogP contribution < -0.4 is 0 Å². The van der Waals surface area contributed by atoms with E-state index in [1.807, 2.05) is 0 Å². The molecule has 2 aromatic rings. The lowest BCUT2D eigenvalue weighted by Crippen LogP contribution is -2.11. The third kappa shape index (κ3) is 2.19. The molecule has 0 saturated carbocycles. The Labute approximate surface area is 108 Å². The summed E-state index contributed by atoms with van der Waals surface area (Å²) in [4.78, 5) is 17.3. The number of nitrogens with zero attached hydrogens (tertiary/aromatic N) is 4. The molecule has 0 N–H and O–H groups in total. The first kappa shape index (κ1) is 13.1. The smallest absolute Gasteiger partial charge is 0.358 e. The molecule has 19 heavy (non-hydrogen) atoms. The van der Waals surface area contributed by atoms with Crippen molar-refractivity contribution in [3.05, 3.63) is 40.3 Å². The summed E-state index contributed by atoms with van der Waals surface area (Å²) in [6.07, 6.45) is 2.47. The van der Waals surface area contributed by atoms with Crippen molar-refractivity contribution in [1.82, 2.24) is 14.5 Å². The summed E-state index contributed by atoms with van der Waals surface area (Å²) in [6, 6.07) is 2.88. The van der Waals surface area contributed by atoms with Gasteiger partial charge in [-0.3, -0.25) is 4.57 Å². The van der Waals surface area contributed by atoms with Crippen LogP contribution in [0.4, 0.5) is 5.82 Å².